The van der Waals surface area contributed by atoms with Crippen molar-refractivity contribution in [2.45, 2.75) is 35.5 Å². The van der Waals surface area contributed by atoms with Crippen LogP contribution in [0.3, 0.4) is 0 Å². The summed E-state index contributed by atoms with van der Waals surface area (Å²) in [6, 6.07) is 17.5. The fourth-order valence-electron chi connectivity index (χ4n) is 4.34. The first-order valence-electron chi connectivity index (χ1n) is 11.3. The van der Waals surface area contributed by atoms with E-state index in [-0.39, 0.29) is 17.1 Å². The normalized spacial score (nSPS) is 20.9. The lowest BCUT2D eigenvalue weighted by Crippen LogP contribution is -2.33. The second kappa shape index (κ2) is 9.84. The molecule has 32 heavy (non-hydrogen) atoms. The number of ether oxygens (including phenoxy) is 2. The van der Waals surface area contributed by atoms with Crippen molar-refractivity contribution in [2.24, 2.45) is 0 Å². The van der Waals surface area contributed by atoms with E-state index in [1.54, 1.807) is 30.1 Å². The molecule has 5 nitrogen and oxygen atoms in total. The quantitative estimate of drug-likeness (QED) is 0.528. The van der Waals surface area contributed by atoms with Gasteiger partial charge in [-0.1, -0.05) is 24.6 Å². The number of aromatic nitrogens is 1. The molecule has 6 heteroatoms. The number of fused-ring (bicyclic) bond motifs is 1. The molecule has 0 amide bonds. The molecule has 0 unspecified atom stereocenters. The maximum absolute atomic E-state index is 9.91. The molecule has 2 aliphatic rings. The number of thioether (sulfide) groups is 1. The highest BCUT2D eigenvalue weighted by molar-refractivity contribution is 7.99. The Kier molecular flexibility index (Phi) is 6.51. The fourth-order valence-corrected chi connectivity index (χ4v) is 5.65. The number of hydrogen-bond acceptors (Lipinski definition) is 6. The number of aromatic hydroxyl groups is 1. The number of phenols is 1. The molecule has 0 saturated carbocycles. The Bertz CT molecular complexity index is 1020. The van der Waals surface area contributed by atoms with Crippen LogP contribution in [0.15, 0.2) is 71.9 Å². The van der Waals surface area contributed by atoms with Crippen LogP contribution in [0.2, 0.25) is 0 Å². The molecule has 1 saturated heterocycles. The first-order chi connectivity index (χ1) is 15.8. The van der Waals surface area contributed by atoms with E-state index in [1.807, 2.05) is 30.5 Å². The van der Waals surface area contributed by atoms with Crippen LogP contribution < -0.4 is 9.47 Å². The molecular formula is C26H28N2O3S. The molecule has 0 aliphatic carbocycles. The van der Waals surface area contributed by atoms with Crippen molar-refractivity contribution in [3.05, 3.63) is 78.1 Å². The minimum atomic E-state index is -0.163. The lowest BCUT2D eigenvalue weighted by molar-refractivity contribution is 0.182. The van der Waals surface area contributed by atoms with Crippen LogP contribution in [0, 0.1) is 0 Å². The van der Waals surface area contributed by atoms with Gasteiger partial charge in [0, 0.05) is 18.9 Å². The van der Waals surface area contributed by atoms with Crippen molar-refractivity contribution >= 4 is 11.8 Å². The van der Waals surface area contributed by atoms with Gasteiger partial charge in [-0.2, -0.15) is 0 Å². The Morgan fingerprint density at radius 1 is 1.03 bits per heavy atom. The second-order valence-corrected chi connectivity index (χ2v) is 9.50. The molecule has 5 rings (SSSR count). The summed E-state index contributed by atoms with van der Waals surface area (Å²) in [5.41, 5.74) is 2.19. The lowest BCUT2D eigenvalue weighted by atomic mass is 10.0. The zero-order chi connectivity index (χ0) is 21.8. The van der Waals surface area contributed by atoms with Gasteiger partial charge < -0.3 is 14.6 Å². The van der Waals surface area contributed by atoms with Crippen molar-refractivity contribution in [3.8, 4) is 17.2 Å². The number of nitrogens with zero attached hydrogens (tertiary/aromatic N) is 2. The van der Waals surface area contributed by atoms with Gasteiger partial charge in [-0.15, -0.1) is 11.8 Å². The number of pyridine rings is 1. The molecule has 2 aliphatic heterocycles. The Labute approximate surface area is 193 Å². The number of benzene rings is 2. The van der Waals surface area contributed by atoms with Crippen LogP contribution in [-0.4, -0.2) is 41.2 Å². The van der Waals surface area contributed by atoms with Crippen LogP contribution in [0.4, 0.5) is 0 Å². The van der Waals surface area contributed by atoms with E-state index in [1.165, 1.54) is 32.4 Å². The lowest BCUT2D eigenvalue weighted by Gasteiger charge is -2.33. The summed E-state index contributed by atoms with van der Waals surface area (Å²) in [6.45, 7) is 4.07. The van der Waals surface area contributed by atoms with Crippen molar-refractivity contribution in [1.82, 2.24) is 9.88 Å². The summed E-state index contributed by atoms with van der Waals surface area (Å²) in [5, 5.41) is 9.95. The van der Waals surface area contributed by atoms with Crippen LogP contribution in [0.5, 0.6) is 17.2 Å². The number of likely N-dealkylation sites (tertiary alicyclic amines) is 1. The Hall–Kier alpha value is -2.70. The Balaban J connectivity index is 1.31. The predicted molar refractivity (Wildman–Crippen MR) is 127 cm³/mol. The molecule has 2 aromatic carbocycles. The summed E-state index contributed by atoms with van der Waals surface area (Å²) >= 11 is 1.70. The average molecular weight is 449 g/mol. The molecule has 1 N–H and O–H groups in total. The molecule has 1 fully saturated rings. The van der Waals surface area contributed by atoms with Gasteiger partial charge >= 0.3 is 0 Å². The van der Waals surface area contributed by atoms with E-state index < -0.39 is 0 Å². The van der Waals surface area contributed by atoms with Crippen molar-refractivity contribution in [3.63, 3.8) is 0 Å². The monoisotopic (exact) mass is 448 g/mol. The van der Waals surface area contributed by atoms with Gasteiger partial charge in [0.2, 0.25) is 0 Å². The van der Waals surface area contributed by atoms with Crippen LogP contribution in [-0.2, 0) is 0 Å². The minimum Gasteiger partial charge on any atom is -0.508 e. The largest absolute Gasteiger partial charge is 0.508 e. The molecule has 3 heterocycles. The average Bonchev–Trinajstić information content (AvgIpc) is 2.85. The molecule has 1 aromatic heterocycles. The first-order valence-corrected chi connectivity index (χ1v) is 12.2. The van der Waals surface area contributed by atoms with Crippen molar-refractivity contribution < 1.29 is 14.6 Å². The highest BCUT2D eigenvalue weighted by atomic mass is 32.2. The minimum absolute atomic E-state index is 0.0314. The topological polar surface area (TPSA) is 54.8 Å². The molecule has 0 spiro atoms. The molecule has 0 bridgehead atoms. The summed E-state index contributed by atoms with van der Waals surface area (Å²) in [4.78, 5) is 7.73. The summed E-state index contributed by atoms with van der Waals surface area (Å²) < 4.78 is 12.4. The zero-order valence-electron chi connectivity index (χ0n) is 18.0. The smallest absolute Gasteiger partial charge is 0.140 e. The highest BCUT2D eigenvalue weighted by Gasteiger charge is 2.33. The molecular weight excluding hydrogens is 420 g/mol. The molecule has 2 atom stereocenters. The summed E-state index contributed by atoms with van der Waals surface area (Å²) in [5.74, 6) is 1.92. The molecule has 3 aromatic rings. The third kappa shape index (κ3) is 4.87. The third-order valence-electron chi connectivity index (χ3n) is 6.06. The van der Waals surface area contributed by atoms with Gasteiger partial charge in [0.15, 0.2) is 0 Å². The van der Waals surface area contributed by atoms with E-state index in [9.17, 15) is 5.11 Å². The molecule has 166 valence electrons. The van der Waals surface area contributed by atoms with Gasteiger partial charge in [0.25, 0.3) is 0 Å². The van der Waals surface area contributed by atoms with Crippen LogP contribution in [0.25, 0.3) is 0 Å². The predicted octanol–water partition coefficient (Wildman–Crippen LogP) is 5.62. The van der Waals surface area contributed by atoms with Gasteiger partial charge in [0.1, 0.15) is 30.0 Å². The first kappa shape index (κ1) is 21.2. The maximum atomic E-state index is 9.91. The number of hydrogen-bond donors (Lipinski definition) is 1. The maximum Gasteiger partial charge on any atom is 0.140 e. The van der Waals surface area contributed by atoms with Gasteiger partial charge in [0.05, 0.1) is 10.1 Å². The third-order valence-corrected chi connectivity index (χ3v) is 7.40. The SMILES string of the molecule is Oc1ccc2c(c1)S[C@@H](c1cccnc1)[C@@H](c1ccc(OCCN3CCCCC3)cc1)O2. The zero-order valence-corrected chi connectivity index (χ0v) is 18.8. The number of rotatable bonds is 6. The summed E-state index contributed by atoms with van der Waals surface area (Å²) in [6.07, 6.45) is 7.46. The van der Waals surface area contributed by atoms with Crippen LogP contribution >= 0.6 is 11.8 Å². The number of piperidine rings is 1. The van der Waals surface area contributed by atoms with E-state index in [4.69, 9.17) is 9.47 Å². The second-order valence-electron chi connectivity index (χ2n) is 8.31. The Morgan fingerprint density at radius 3 is 2.66 bits per heavy atom. The van der Waals surface area contributed by atoms with E-state index in [0.29, 0.717) is 6.61 Å². The van der Waals surface area contributed by atoms with E-state index in [0.717, 1.165) is 34.1 Å². The standard InChI is InChI=1S/C26H28N2O3S/c29-21-8-11-23-24(17-21)32-26(20-5-4-12-27-18-20)25(31-23)19-6-9-22(10-7-19)30-16-15-28-13-2-1-3-14-28/h4-12,17-18,25-26,29H,1-3,13-16H2/t25-,26+/m1/s1. The summed E-state index contributed by atoms with van der Waals surface area (Å²) in [7, 11) is 0. The van der Waals surface area contributed by atoms with Gasteiger partial charge in [-0.25, -0.2) is 0 Å². The van der Waals surface area contributed by atoms with Gasteiger partial charge in [-0.3, -0.25) is 9.88 Å². The fraction of sp³-hybridized carbons (Fsp3) is 0.346. The highest BCUT2D eigenvalue weighted by Crippen LogP contribution is 2.53. The number of phenolic OH excluding ortho intramolecular Hbond substituents is 1. The van der Waals surface area contributed by atoms with Gasteiger partial charge in [-0.05, 0) is 73.5 Å². The Morgan fingerprint density at radius 2 is 1.88 bits per heavy atom. The van der Waals surface area contributed by atoms with Crippen molar-refractivity contribution in [2.75, 3.05) is 26.2 Å². The van der Waals surface area contributed by atoms with E-state index in [2.05, 4.69) is 28.1 Å². The van der Waals surface area contributed by atoms with Crippen molar-refractivity contribution in [1.29, 1.82) is 0 Å². The molecule has 0 radical (unpaired) electrons. The van der Waals surface area contributed by atoms with E-state index >= 15 is 0 Å². The van der Waals surface area contributed by atoms with Crippen LogP contribution in [0.1, 0.15) is 41.7 Å².